The van der Waals surface area contributed by atoms with Crippen LogP contribution in [0, 0.1) is 0 Å². The second-order valence-corrected chi connectivity index (χ2v) is 5.14. The van der Waals surface area contributed by atoms with Crippen molar-refractivity contribution < 1.29 is 19.7 Å². The van der Waals surface area contributed by atoms with Gasteiger partial charge in [0.25, 0.3) is 5.91 Å². The number of benzene rings is 1. The molecule has 1 aromatic rings. The Morgan fingerprint density at radius 2 is 2.24 bits per heavy atom. The number of anilines is 1. The van der Waals surface area contributed by atoms with E-state index >= 15 is 0 Å². The summed E-state index contributed by atoms with van der Waals surface area (Å²) in [6.45, 7) is 5.43. The van der Waals surface area contributed by atoms with Crippen LogP contribution in [0.15, 0.2) is 18.2 Å². The van der Waals surface area contributed by atoms with E-state index in [0.717, 1.165) is 6.54 Å². The minimum absolute atomic E-state index is 0.0620. The first-order valence-corrected chi connectivity index (χ1v) is 7.18. The molecule has 0 saturated heterocycles. The molecule has 6 nitrogen and oxygen atoms in total. The van der Waals surface area contributed by atoms with Crippen molar-refractivity contribution in [2.24, 2.45) is 0 Å². The lowest BCUT2D eigenvalue weighted by atomic mass is 10.1. The molecule has 0 aliphatic carbocycles. The van der Waals surface area contributed by atoms with Crippen LogP contribution in [0.5, 0.6) is 5.75 Å². The van der Waals surface area contributed by atoms with Crippen LogP contribution in [0.25, 0.3) is 0 Å². The highest BCUT2D eigenvalue weighted by molar-refractivity contribution is 5.97. The van der Waals surface area contributed by atoms with Crippen LogP contribution in [0.1, 0.15) is 25.5 Å². The fourth-order valence-electron chi connectivity index (χ4n) is 2.30. The van der Waals surface area contributed by atoms with Crippen molar-refractivity contribution in [1.29, 1.82) is 0 Å². The summed E-state index contributed by atoms with van der Waals surface area (Å²) in [6, 6.07) is 5.28. The van der Waals surface area contributed by atoms with E-state index in [1.54, 1.807) is 25.1 Å². The van der Waals surface area contributed by atoms with Crippen molar-refractivity contribution in [1.82, 2.24) is 4.90 Å². The monoisotopic (exact) mass is 294 g/mol. The fraction of sp³-hybridized carbons (Fsp3) is 0.533. The van der Waals surface area contributed by atoms with Gasteiger partial charge in [-0.1, -0.05) is 13.0 Å². The van der Waals surface area contributed by atoms with Crippen LogP contribution in [-0.2, 0) is 4.79 Å². The molecule has 0 saturated carbocycles. The van der Waals surface area contributed by atoms with Crippen LogP contribution in [0.2, 0.25) is 0 Å². The number of hydrogen-bond acceptors (Lipinski definition) is 5. The molecule has 0 aromatic heterocycles. The molecule has 1 amide bonds. The van der Waals surface area contributed by atoms with Crippen LogP contribution in [-0.4, -0.2) is 53.4 Å². The zero-order chi connectivity index (χ0) is 15.4. The summed E-state index contributed by atoms with van der Waals surface area (Å²) in [5.74, 6) is 0.422. The van der Waals surface area contributed by atoms with Gasteiger partial charge in [0.05, 0.1) is 18.4 Å². The largest absolute Gasteiger partial charge is 0.479 e. The van der Waals surface area contributed by atoms with Gasteiger partial charge in [-0.2, -0.15) is 0 Å². The van der Waals surface area contributed by atoms with E-state index in [-0.39, 0.29) is 12.5 Å². The highest BCUT2D eigenvalue weighted by atomic mass is 16.5. The number of nitrogens with zero attached hydrogens (tertiary/aromatic N) is 1. The number of carbonyl (C=O) groups excluding carboxylic acids is 1. The molecular weight excluding hydrogens is 272 g/mol. The van der Waals surface area contributed by atoms with Gasteiger partial charge in [-0.3, -0.25) is 9.69 Å². The Balaban J connectivity index is 2.11. The van der Waals surface area contributed by atoms with Gasteiger partial charge in [0, 0.05) is 13.1 Å². The van der Waals surface area contributed by atoms with Crippen molar-refractivity contribution in [2.45, 2.75) is 26.1 Å². The standard InChI is InChI=1S/C15H22N2O4/c1-3-17(6-7-18)9-13(19)11-4-5-14-12(8-11)16-15(20)10(2)21-14/h4-5,8,10,13,18-19H,3,6-7,9H2,1-2H3,(H,16,20). The van der Waals surface area contributed by atoms with Crippen molar-refractivity contribution in [3.63, 3.8) is 0 Å². The Morgan fingerprint density at radius 3 is 2.90 bits per heavy atom. The number of ether oxygens (including phenoxy) is 1. The number of aliphatic hydroxyl groups excluding tert-OH is 2. The summed E-state index contributed by atoms with van der Waals surface area (Å²) in [5, 5.41) is 22.0. The van der Waals surface area contributed by atoms with Crippen LogP contribution in [0.3, 0.4) is 0 Å². The smallest absolute Gasteiger partial charge is 0.265 e. The number of rotatable bonds is 6. The summed E-state index contributed by atoms with van der Waals surface area (Å²) >= 11 is 0. The first kappa shape index (κ1) is 15.8. The molecule has 2 rings (SSSR count). The Labute approximate surface area is 124 Å². The minimum atomic E-state index is -0.682. The van der Waals surface area contributed by atoms with Crippen LogP contribution in [0.4, 0.5) is 5.69 Å². The van der Waals surface area contributed by atoms with E-state index in [4.69, 9.17) is 9.84 Å². The molecular formula is C15H22N2O4. The molecule has 116 valence electrons. The molecule has 0 spiro atoms. The Morgan fingerprint density at radius 1 is 1.48 bits per heavy atom. The molecule has 1 aliphatic heterocycles. The van der Waals surface area contributed by atoms with Gasteiger partial charge in [-0.05, 0) is 31.2 Å². The quantitative estimate of drug-likeness (QED) is 0.721. The maximum absolute atomic E-state index is 11.6. The topological polar surface area (TPSA) is 82.0 Å². The van der Waals surface area contributed by atoms with E-state index in [1.807, 2.05) is 11.8 Å². The Kier molecular flexibility index (Phi) is 5.17. The van der Waals surface area contributed by atoms with Crippen molar-refractivity contribution in [3.8, 4) is 5.75 Å². The number of aliphatic hydroxyl groups is 2. The summed E-state index contributed by atoms with van der Waals surface area (Å²) in [4.78, 5) is 13.6. The predicted molar refractivity (Wildman–Crippen MR) is 79.3 cm³/mol. The van der Waals surface area contributed by atoms with Gasteiger partial charge in [-0.15, -0.1) is 0 Å². The summed E-state index contributed by atoms with van der Waals surface area (Å²) in [7, 11) is 0. The fourth-order valence-corrected chi connectivity index (χ4v) is 2.30. The molecule has 0 radical (unpaired) electrons. The zero-order valence-corrected chi connectivity index (χ0v) is 12.4. The number of fused-ring (bicyclic) bond motifs is 1. The maximum atomic E-state index is 11.6. The third-order valence-corrected chi connectivity index (χ3v) is 3.61. The molecule has 1 aromatic carbocycles. The first-order valence-electron chi connectivity index (χ1n) is 7.18. The van der Waals surface area contributed by atoms with Gasteiger partial charge in [0.15, 0.2) is 6.10 Å². The molecule has 0 fully saturated rings. The lowest BCUT2D eigenvalue weighted by Gasteiger charge is -2.26. The molecule has 2 atom stereocenters. The molecule has 1 aliphatic rings. The lowest BCUT2D eigenvalue weighted by Crippen LogP contribution is -2.34. The van der Waals surface area contributed by atoms with E-state index in [2.05, 4.69) is 5.32 Å². The number of amides is 1. The third-order valence-electron chi connectivity index (χ3n) is 3.61. The Hall–Kier alpha value is -1.63. The van der Waals surface area contributed by atoms with E-state index < -0.39 is 12.2 Å². The lowest BCUT2D eigenvalue weighted by molar-refractivity contribution is -0.122. The van der Waals surface area contributed by atoms with Crippen molar-refractivity contribution in [2.75, 3.05) is 31.6 Å². The molecule has 1 heterocycles. The zero-order valence-electron chi connectivity index (χ0n) is 12.4. The van der Waals surface area contributed by atoms with Gasteiger partial charge in [-0.25, -0.2) is 0 Å². The maximum Gasteiger partial charge on any atom is 0.265 e. The van der Waals surface area contributed by atoms with Crippen LogP contribution >= 0.6 is 0 Å². The van der Waals surface area contributed by atoms with Gasteiger partial charge >= 0.3 is 0 Å². The van der Waals surface area contributed by atoms with Gasteiger partial charge < -0.3 is 20.3 Å². The molecule has 6 heteroatoms. The number of likely N-dealkylation sites (N-methyl/N-ethyl adjacent to an activating group) is 1. The average Bonchev–Trinajstić information content (AvgIpc) is 2.47. The summed E-state index contributed by atoms with van der Waals surface area (Å²) in [5.41, 5.74) is 1.29. The van der Waals surface area contributed by atoms with E-state index in [9.17, 15) is 9.90 Å². The first-order chi connectivity index (χ1) is 10.0. The highest BCUT2D eigenvalue weighted by Crippen LogP contribution is 2.32. The normalized spacial score (nSPS) is 18.9. The number of carbonyl (C=O) groups is 1. The third kappa shape index (κ3) is 3.72. The van der Waals surface area contributed by atoms with Crippen LogP contribution < -0.4 is 10.1 Å². The van der Waals surface area contributed by atoms with Gasteiger partial charge in [0.2, 0.25) is 0 Å². The van der Waals surface area contributed by atoms with E-state index in [0.29, 0.717) is 30.1 Å². The SMILES string of the molecule is CCN(CCO)CC(O)c1ccc2c(c1)NC(=O)C(C)O2. The molecule has 0 bridgehead atoms. The van der Waals surface area contributed by atoms with Gasteiger partial charge in [0.1, 0.15) is 5.75 Å². The molecule has 2 unspecified atom stereocenters. The van der Waals surface area contributed by atoms with Crippen molar-refractivity contribution in [3.05, 3.63) is 23.8 Å². The second-order valence-electron chi connectivity index (χ2n) is 5.14. The predicted octanol–water partition coefficient (Wildman–Crippen LogP) is 0.754. The second kappa shape index (κ2) is 6.89. The number of nitrogens with one attached hydrogen (secondary N) is 1. The summed E-state index contributed by atoms with van der Waals surface area (Å²) in [6.07, 6.45) is -1.19. The van der Waals surface area contributed by atoms with E-state index in [1.165, 1.54) is 0 Å². The minimum Gasteiger partial charge on any atom is -0.479 e. The van der Waals surface area contributed by atoms with Crippen molar-refractivity contribution >= 4 is 11.6 Å². The molecule has 21 heavy (non-hydrogen) atoms. The number of hydrogen-bond donors (Lipinski definition) is 3. The summed E-state index contributed by atoms with van der Waals surface area (Å²) < 4.78 is 5.48. The highest BCUT2D eigenvalue weighted by Gasteiger charge is 2.24. The average molecular weight is 294 g/mol. The molecule has 3 N–H and O–H groups in total. The Bertz CT molecular complexity index is 506.